The second-order valence-corrected chi connectivity index (χ2v) is 1.75. The first-order valence-corrected chi connectivity index (χ1v) is 6.71. The summed E-state index contributed by atoms with van der Waals surface area (Å²) in [6.45, 7) is 16.0. The molecule has 0 N–H and O–H groups in total. The molecule has 0 bridgehead atoms. The van der Waals surface area contributed by atoms with Crippen molar-refractivity contribution in [3.63, 3.8) is 0 Å². The molecule has 116 valence electrons. The molecule has 0 fully saturated rings. The molecule has 0 saturated heterocycles. The molecule has 0 saturated carbocycles. The fraction of sp³-hybridized carbons (Fsp3) is 0.625. The molecule has 0 aliphatic carbocycles. The van der Waals surface area contributed by atoms with E-state index < -0.39 is 0 Å². The van der Waals surface area contributed by atoms with Crippen LogP contribution in [0.15, 0.2) is 30.7 Å². The molecular formula is C16H37N3. The first-order valence-electron chi connectivity index (χ1n) is 6.71. The lowest BCUT2D eigenvalue weighted by Gasteiger charge is -1.85. The second kappa shape index (κ2) is 30.0. The van der Waals surface area contributed by atoms with Crippen molar-refractivity contribution in [1.29, 1.82) is 0 Å². The van der Waals surface area contributed by atoms with Gasteiger partial charge in [0, 0.05) is 18.5 Å². The van der Waals surface area contributed by atoms with E-state index >= 15 is 0 Å². The normalized spacial score (nSPS) is 6.11. The largest absolute Gasteiger partial charge is 0.237 e. The summed E-state index contributed by atoms with van der Waals surface area (Å²) in [5.41, 5.74) is 0.887. The van der Waals surface area contributed by atoms with Gasteiger partial charge in [0.1, 0.15) is 0 Å². The van der Waals surface area contributed by atoms with Gasteiger partial charge < -0.3 is 0 Å². The quantitative estimate of drug-likeness (QED) is 0.579. The minimum atomic E-state index is 0. The molecule has 0 radical (unpaired) electrons. The van der Waals surface area contributed by atoms with Crippen LogP contribution in [0, 0.1) is 0 Å². The van der Waals surface area contributed by atoms with E-state index in [0.717, 1.165) is 5.65 Å². The highest BCUT2D eigenvalue weighted by molar-refractivity contribution is 5.33. The zero-order chi connectivity index (χ0) is 14.1. The van der Waals surface area contributed by atoms with Gasteiger partial charge in [-0.2, -0.15) is 5.10 Å². The maximum Gasteiger partial charge on any atom is 0.154 e. The lowest BCUT2D eigenvalue weighted by Crippen LogP contribution is -1.85. The highest BCUT2D eigenvalue weighted by Gasteiger charge is 1.86. The molecule has 3 nitrogen and oxygen atoms in total. The summed E-state index contributed by atoms with van der Waals surface area (Å²) in [7, 11) is 0. The van der Waals surface area contributed by atoms with Gasteiger partial charge in [-0.3, -0.25) is 0 Å². The van der Waals surface area contributed by atoms with Gasteiger partial charge in [0.05, 0.1) is 6.20 Å². The van der Waals surface area contributed by atoms with Crippen molar-refractivity contribution in [3.8, 4) is 0 Å². The van der Waals surface area contributed by atoms with Crippen molar-refractivity contribution in [2.75, 3.05) is 0 Å². The van der Waals surface area contributed by atoms with Crippen LogP contribution in [0.4, 0.5) is 0 Å². The average Bonchev–Trinajstić information content (AvgIpc) is 2.96. The van der Waals surface area contributed by atoms with Crippen LogP contribution in [-0.2, 0) is 0 Å². The van der Waals surface area contributed by atoms with Gasteiger partial charge in [-0.25, -0.2) is 9.50 Å². The van der Waals surface area contributed by atoms with E-state index in [1.54, 1.807) is 16.9 Å². The monoisotopic (exact) mass is 271 g/mol. The molecule has 2 heterocycles. The topological polar surface area (TPSA) is 30.2 Å². The van der Waals surface area contributed by atoms with Crippen LogP contribution >= 0.6 is 0 Å². The fourth-order valence-electron chi connectivity index (χ4n) is 0.764. The Kier molecular flexibility index (Phi) is 48.3. The van der Waals surface area contributed by atoms with E-state index in [9.17, 15) is 0 Å². The summed E-state index contributed by atoms with van der Waals surface area (Å²) in [5.74, 6) is 0. The summed E-state index contributed by atoms with van der Waals surface area (Å²) in [6.07, 6.45) is 5.34. The van der Waals surface area contributed by atoms with Gasteiger partial charge in [0.25, 0.3) is 0 Å². The molecule has 0 aromatic carbocycles. The number of aromatic nitrogens is 3. The lowest BCUT2D eigenvalue weighted by molar-refractivity contribution is 0.939. The molecule has 2 aromatic heterocycles. The lowest BCUT2D eigenvalue weighted by atomic mass is 10.6. The third kappa shape index (κ3) is 14.6. The first kappa shape index (κ1) is 30.6. The predicted octanol–water partition coefficient (Wildman–Crippen LogP) is 6.11. The second-order valence-electron chi connectivity index (χ2n) is 1.75. The minimum Gasteiger partial charge on any atom is -0.237 e. The summed E-state index contributed by atoms with van der Waals surface area (Å²) >= 11 is 0. The van der Waals surface area contributed by atoms with E-state index in [4.69, 9.17) is 0 Å². The Hall–Kier alpha value is -1.38. The molecule has 0 aliphatic rings. The molecule has 0 spiro atoms. The molecule has 19 heavy (non-hydrogen) atoms. The summed E-state index contributed by atoms with van der Waals surface area (Å²) in [4.78, 5) is 4.04. The van der Waals surface area contributed by atoms with Crippen molar-refractivity contribution in [1.82, 2.24) is 14.6 Å². The van der Waals surface area contributed by atoms with Crippen LogP contribution < -0.4 is 0 Å². The first-order chi connectivity index (χ1) is 8.47. The van der Waals surface area contributed by atoms with Gasteiger partial charge in [-0.1, -0.05) is 70.2 Å². The maximum absolute atomic E-state index is 4.04. The zero-order valence-electron chi connectivity index (χ0n) is 12.7. The van der Waals surface area contributed by atoms with Gasteiger partial charge >= 0.3 is 0 Å². The van der Waals surface area contributed by atoms with E-state index in [1.807, 2.05) is 73.7 Å². The van der Waals surface area contributed by atoms with Crippen molar-refractivity contribution in [2.24, 2.45) is 0 Å². The van der Waals surface area contributed by atoms with Gasteiger partial charge in [-0.15, -0.1) is 0 Å². The average molecular weight is 271 g/mol. The molecule has 2 aromatic rings. The number of hydrogen-bond acceptors (Lipinski definition) is 2. The van der Waals surface area contributed by atoms with Crippen molar-refractivity contribution < 1.29 is 0 Å². The standard InChI is InChI=1S/C6H5N3.4C2H6.2CH4/c1-3-7-6-2-4-8-9(6)5-1;4*1-2;;/h1-5H;4*1-2H3;2*1H4. The van der Waals surface area contributed by atoms with Crippen LogP contribution in [0.1, 0.15) is 70.2 Å². The van der Waals surface area contributed by atoms with Gasteiger partial charge in [0.2, 0.25) is 0 Å². The molecule has 0 aliphatic heterocycles. The van der Waals surface area contributed by atoms with Crippen LogP contribution in [-0.4, -0.2) is 14.6 Å². The van der Waals surface area contributed by atoms with Crippen LogP contribution in [0.5, 0.6) is 0 Å². The number of rotatable bonds is 0. The Morgan fingerprint density at radius 2 is 1.26 bits per heavy atom. The third-order valence-electron chi connectivity index (χ3n) is 1.17. The Morgan fingerprint density at radius 1 is 0.789 bits per heavy atom. The Bertz CT molecular complexity index is 286. The van der Waals surface area contributed by atoms with Gasteiger partial charge in [0.15, 0.2) is 5.65 Å². The van der Waals surface area contributed by atoms with Crippen molar-refractivity contribution in [3.05, 3.63) is 30.7 Å². The summed E-state index contributed by atoms with van der Waals surface area (Å²) < 4.78 is 1.72. The fourth-order valence-corrected chi connectivity index (χ4v) is 0.764. The van der Waals surface area contributed by atoms with Crippen LogP contribution in [0.2, 0.25) is 0 Å². The SMILES string of the molecule is C.C.CC.CC.CC.CC.c1cnc2ccnn2c1. The zero-order valence-corrected chi connectivity index (χ0v) is 12.7. The van der Waals surface area contributed by atoms with E-state index in [2.05, 4.69) is 10.1 Å². The molecule has 0 unspecified atom stereocenters. The molecule has 0 atom stereocenters. The number of fused-ring (bicyclic) bond motifs is 1. The predicted molar refractivity (Wildman–Crippen MR) is 91.8 cm³/mol. The molecular weight excluding hydrogens is 234 g/mol. The van der Waals surface area contributed by atoms with Crippen molar-refractivity contribution >= 4 is 5.65 Å². The van der Waals surface area contributed by atoms with Crippen molar-refractivity contribution in [2.45, 2.75) is 70.2 Å². The molecule has 2 rings (SSSR count). The Labute approximate surface area is 122 Å². The minimum absolute atomic E-state index is 0. The maximum atomic E-state index is 4.04. The van der Waals surface area contributed by atoms with E-state index in [0.29, 0.717) is 0 Å². The van der Waals surface area contributed by atoms with E-state index in [-0.39, 0.29) is 14.9 Å². The smallest absolute Gasteiger partial charge is 0.154 e. The molecule has 0 amide bonds. The number of nitrogens with zero attached hydrogens (tertiary/aromatic N) is 3. The summed E-state index contributed by atoms with van der Waals surface area (Å²) in [5, 5.41) is 3.97. The Balaban J connectivity index is -0.0000000576. The molecule has 3 heteroatoms. The number of hydrogen-bond donors (Lipinski definition) is 0. The Morgan fingerprint density at radius 3 is 1.68 bits per heavy atom. The highest BCUT2D eigenvalue weighted by Crippen LogP contribution is 1.93. The highest BCUT2D eigenvalue weighted by atomic mass is 15.2. The third-order valence-corrected chi connectivity index (χ3v) is 1.17. The van der Waals surface area contributed by atoms with Crippen LogP contribution in [0.3, 0.4) is 0 Å². The van der Waals surface area contributed by atoms with Crippen LogP contribution in [0.25, 0.3) is 5.65 Å². The summed E-state index contributed by atoms with van der Waals surface area (Å²) in [6, 6.07) is 3.71. The van der Waals surface area contributed by atoms with Gasteiger partial charge in [-0.05, 0) is 6.07 Å². The van der Waals surface area contributed by atoms with E-state index in [1.165, 1.54) is 0 Å².